The van der Waals surface area contributed by atoms with Gasteiger partial charge in [0.05, 0.1) is 5.02 Å². The minimum Gasteiger partial charge on any atom is -0.211 e. The van der Waals surface area contributed by atoms with E-state index in [1.54, 1.807) is 0 Å². The second kappa shape index (κ2) is 3.48. The molecule has 0 bridgehead atoms. The highest BCUT2D eigenvalue weighted by molar-refractivity contribution is 6.33. The lowest BCUT2D eigenvalue weighted by atomic mass is 10.2. The molecule has 1 aromatic rings. The van der Waals surface area contributed by atoms with Gasteiger partial charge in [-0.15, -0.1) is 0 Å². The predicted octanol–water partition coefficient (Wildman–Crippen LogP) is 2.75. The molecule has 0 radical (unpaired) electrons. The molecule has 12 heavy (non-hydrogen) atoms. The fraction of sp³-hybridized carbons (Fsp3) is 0.125. The first kappa shape index (κ1) is 8.91. The molecule has 0 fully saturated rings. The van der Waals surface area contributed by atoms with Crippen LogP contribution in [0.25, 0.3) is 0 Å². The van der Waals surface area contributed by atoms with Crippen LogP contribution in [-0.2, 0) is 4.79 Å². The van der Waals surface area contributed by atoms with Gasteiger partial charge in [0.15, 0.2) is 0 Å². The first-order valence-electron chi connectivity index (χ1n) is 3.19. The highest BCUT2D eigenvalue weighted by Gasteiger charge is 2.06. The number of isocyanates is 1. The molecular formula is C8H5ClFNO. The Hall–Kier alpha value is -1.18. The highest BCUT2D eigenvalue weighted by atomic mass is 35.5. The van der Waals surface area contributed by atoms with E-state index >= 15 is 0 Å². The normalized spacial score (nSPS) is 9.25. The van der Waals surface area contributed by atoms with Gasteiger partial charge in [-0.2, -0.15) is 4.99 Å². The van der Waals surface area contributed by atoms with E-state index in [9.17, 15) is 9.18 Å². The Morgan fingerprint density at radius 3 is 2.83 bits per heavy atom. The summed E-state index contributed by atoms with van der Waals surface area (Å²) in [5, 5.41) is 0.247. The molecule has 0 aliphatic carbocycles. The van der Waals surface area contributed by atoms with Gasteiger partial charge in [0.2, 0.25) is 6.08 Å². The quantitative estimate of drug-likeness (QED) is 0.489. The molecule has 0 amide bonds. The summed E-state index contributed by atoms with van der Waals surface area (Å²) in [4.78, 5) is 13.2. The number of hydrogen-bond donors (Lipinski definition) is 0. The molecule has 0 heterocycles. The Balaban J connectivity index is 3.42. The predicted molar refractivity (Wildman–Crippen MR) is 43.9 cm³/mol. The summed E-state index contributed by atoms with van der Waals surface area (Å²) >= 11 is 5.64. The van der Waals surface area contributed by atoms with Gasteiger partial charge in [-0.3, -0.25) is 0 Å². The maximum Gasteiger partial charge on any atom is 0.240 e. The van der Waals surface area contributed by atoms with Crippen molar-refractivity contribution < 1.29 is 9.18 Å². The lowest BCUT2D eigenvalue weighted by molar-refractivity contribution is 0.565. The largest absolute Gasteiger partial charge is 0.240 e. The fourth-order valence-corrected chi connectivity index (χ4v) is 1.07. The van der Waals surface area contributed by atoms with E-state index in [2.05, 4.69) is 4.99 Å². The second-order valence-electron chi connectivity index (χ2n) is 2.21. The number of benzene rings is 1. The molecule has 0 N–H and O–H groups in total. The van der Waals surface area contributed by atoms with Crippen molar-refractivity contribution >= 4 is 23.4 Å². The van der Waals surface area contributed by atoms with E-state index in [1.807, 2.05) is 0 Å². The maximum absolute atomic E-state index is 12.8. The first-order valence-corrected chi connectivity index (χ1v) is 3.57. The molecule has 0 spiro atoms. The van der Waals surface area contributed by atoms with Crippen molar-refractivity contribution in [1.82, 2.24) is 0 Å². The molecule has 4 heteroatoms. The molecule has 2 nitrogen and oxygen atoms in total. The Morgan fingerprint density at radius 2 is 2.25 bits per heavy atom. The molecule has 0 saturated heterocycles. The van der Waals surface area contributed by atoms with Crippen molar-refractivity contribution in [2.45, 2.75) is 6.92 Å². The van der Waals surface area contributed by atoms with Crippen LogP contribution in [0.3, 0.4) is 0 Å². The molecule has 0 atom stereocenters. The number of rotatable bonds is 1. The third-order valence-corrected chi connectivity index (χ3v) is 1.78. The summed E-state index contributed by atoms with van der Waals surface area (Å²) in [7, 11) is 0. The van der Waals surface area contributed by atoms with Crippen molar-refractivity contribution in [3.63, 3.8) is 0 Å². The lowest BCUT2D eigenvalue weighted by Crippen LogP contribution is -1.82. The first-order chi connectivity index (χ1) is 5.66. The van der Waals surface area contributed by atoms with Gasteiger partial charge < -0.3 is 0 Å². The number of carbonyl (C=O) groups excluding carboxylic acids is 1. The van der Waals surface area contributed by atoms with E-state index in [-0.39, 0.29) is 16.3 Å². The molecule has 1 aromatic carbocycles. The molecule has 1 rings (SSSR count). The Labute approximate surface area is 73.7 Å². The summed E-state index contributed by atoms with van der Waals surface area (Å²) < 4.78 is 12.8. The second-order valence-corrected chi connectivity index (χ2v) is 2.61. The Bertz CT molecular complexity index is 358. The average molecular weight is 186 g/mol. The van der Waals surface area contributed by atoms with Crippen LogP contribution >= 0.6 is 11.6 Å². The third-order valence-electron chi connectivity index (χ3n) is 1.47. The standard InChI is InChI=1S/C8H5ClFNO/c1-5-7(10)3-2-6(9)8(5)11-4-12/h2-3H,1H3. The average Bonchev–Trinajstić information content (AvgIpc) is 2.06. The van der Waals surface area contributed by atoms with Gasteiger partial charge in [-0.1, -0.05) is 11.6 Å². The van der Waals surface area contributed by atoms with Crippen molar-refractivity contribution in [2.75, 3.05) is 0 Å². The SMILES string of the molecule is Cc1c(F)ccc(Cl)c1N=C=O. The Morgan fingerprint density at radius 1 is 1.58 bits per heavy atom. The fourth-order valence-electron chi connectivity index (χ4n) is 0.825. The molecule has 62 valence electrons. The molecule has 0 aliphatic heterocycles. The topological polar surface area (TPSA) is 29.4 Å². The van der Waals surface area contributed by atoms with Gasteiger partial charge in [-0.25, -0.2) is 9.18 Å². The van der Waals surface area contributed by atoms with Crippen LogP contribution in [0.5, 0.6) is 0 Å². The highest BCUT2D eigenvalue weighted by Crippen LogP contribution is 2.29. The van der Waals surface area contributed by atoms with Crippen LogP contribution in [0.1, 0.15) is 5.56 Å². The van der Waals surface area contributed by atoms with Gasteiger partial charge >= 0.3 is 0 Å². The summed E-state index contributed by atoms with van der Waals surface area (Å²) in [6.45, 7) is 1.50. The van der Waals surface area contributed by atoms with E-state index in [0.717, 1.165) is 0 Å². The van der Waals surface area contributed by atoms with Gasteiger partial charge in [0.1, 0.15) is 11.5 Å². The minimum atomic E-state index is -0.437. The number of hydrogen-bond acceptors (Lipinski definition) is 2. The van der Waals surface area contributed by atoms with Crippen LogP contribution in [0.4, 0.5) is 10.1 Å². The number of nitrogens with zero attached hydrogens (tertiary/aromatic N) is 1. The van der Waals surface area contributed by atoms with Crippen LogP contribution in [0.2, 0.25) is 5.02 Å². The van der Waals surface area contributed by atoms with Crippen molar-refractivity contribution in [2.24, 2.45) is 4.99 Å². The smallest absolute Gasteiger partial charge is 0.211 e. The summed E-state index contributed by atoms with van der Waals surface area (Å²) in [5.74, 6) is -0.437. The zero-order valence-corrected chi connectivity index (χ0v) is 7.02. The zero-order chi connectivity index (χ0) is 9.14. The third kappa shape index (κ3) is 1.52. The molecular weight excluding hydrogens is 181 g/mol. The minimum absolute atomic E-state index is 0.145. The van der Waals surface area contributed by atoms with E-state index in [1.165, 1.54) is 25.1 Å². The Kier molecular flexibility index (Phi) is 2.58. The zero-order valence-electron chi connectivity index (χ0n) is 6.27. The van der Waals surface area contributed by atoms with Crippen molar-refractivity contribution in [3.05, 3.63) is 28.5 Å². The van der Waals surface area contributed by atoms with E-state index in [4.69, 9.17) is 11.6 Å². The molecule has 0 saturated carbocycles. The molecule has 0 aromatic heterocycles. The van der Waals surface area contributed by atoms with Crippen molar-refractivity contribution in [1.29, 1.82) is 0 Å². The molecule has 0 unspecified atom stereocenters. The summed E-state index contributed by atoms with van der Waals surface area (Å²) in [6.07, 6.45) is 1.32. The van der Waals surface area contributed by atoms with Crippen LogP contribution in [-0.4, -0.2) is 6.08 Å². The van der Waals surface area contributed by atoms with Crippen LogP contribution in [0.15, 0.2) is 17.1 Å². The van der Waals surface area contributed by atoms with Crippen LogP contribution in [0, 0.1) is 12.7 Å². The summed E-state index contributed by atoms with van der Waals surface area (Å²) in [5.41, 5.74) is 0.400. The number of aliphatic imine (C=N–C) groups is 1. The van der Waals surface area contributed by atoms with Gasteiger partial charge in [-0.05, 0) is 19.1 Å². The van der Waals surface area contributed by atoms with Gasteiger partial charge in [0.25, 0.3) is 0 Å². The maximum atomic E-state index is 12.8. The lowest BCUT2D eigenvalue weighted by Gasteiger charge is -2.00. The van der Waals surface area contributed by atoms with Crippen molar-refractivity contribution in [3.8, 4) is 0 Å². The number of halogens is 2. The van der Waals surface area contributed by atoms with Gasteiger partial charge in [0, 0.05) is 5.56 Å². The van der Waals surface area contributed by atoms with E-state index in [0.29, 0.717) is 0 Å². The summed E-state index contributed by atoms with van der Waals surface area (Å²) in [6, 6.07) is 2.57. The molecule has 0 aliphatic rings. The van der Waals surface area contributed by atoms with Crippen LogP contribution < -0.4 is 0 Å². The van der Waals surface area contributed by atoms with E-state index < -0.39 is 5.82 Å². The monoisotopic (exact) mass is 185 g/mol.